The zero-order chi connectivity index (χ0) is 14.0. The second-order valence-corrected chi connectivity index (χ2v) is 6.90. The summed E-state index contributed by atoms with van der Waals surface area (Å²) >= 11 is 1.27. The molecule has 1 heterocycles. The topological polar surface area (TPSA) is 66.0 Å². The number of aromatic nitrogens is 2. The highest BCUT2D eigenvalue weighted by molar-refractivity contribution is 7.99. The Morgan fingerprint density at radius 1 is 1.58 bits per heavy atom. The highest BCUT2D eigenvalue weighted by atomic mass is 32.2. The van der Waals surface area contributed by atoms with E-state index in [0.29, 0.717) is 11.3 Å². The van der Waals surface area contributed by atoms with Crippen LogP contribution in [0.2, 0.25) is 0 Å². The first-order chi connectivity index (χ1) is 8.92. The van der Waals surface area contributed by atoms with Gasteiger partial charge in [0.15, 0.2) is 5.16 Å². The number of fused-ring (bicyclic) bond motifs is 1. The number of nitrogens with one attached hydrogen (secondary N) is 1. The maximum Gasteiger partial charge on any atom is 0.313 e. The number of rotatable bonds is 5. The Labute approximate surface area is 118 Å². The van der Waals surface area contributed by atoms with Crippen LogP contribution in [0, 0.1) is 11.3 Å². The second kappa shape index (κ2) is 5.57. The van der Waals surface area contributed by atoms with Gasteiger partial charge in [0.25, 0.3) is 0 Å². The van der Waals surface area contributed by atoms with E-state index in [0.717, 1.165) is 23.7 Å². The lowest BCUT2D eigenvalue weighted by atomic mass is 9.70. The smallest absolute Gasteiger partial charge is 0.313 e. The lowest BCUT2D eigenvalue weighted by Gasteiger charge is -2.35. The number of aliphatic carboxylic acids is 1. The number of H-pyrrole nitrogens is 1. The van der Waals surface area contributed by atoms with Crippen LogP contribution in [0.4, 0.5) is 0 Å². The summed E-state index contributed by atoms with van der Waals surface area (Å²) in [7, 11) is 0. The molecule has 1 unspecified atom stereocenters. The standard InChI is InChI=1S/C14H22N2O2S/c1-4-14(2,3)9-5-6-10-11(7-9)16-13(15-10)19-8-12(17)18/h9H,4-8H2,1-3H3,(H,15,16)(H,17,18). The van der Waals surface area contributed by atoms with Gasteiger partial charge in [0.2, 0.25) is 0 Å². The first kappa shape index (κ1) is 14.4. The average Bonchev–Trinajstić information content (AvgIpc) is 2.78. The third kappa shape index (κ3) is 3.32. The Morgan fingerprint density at radius 3 is 2.95 bits per heavy atom. The largest absolute Gasteiger partial charge is 0.481 e. The van der Waals surface area contributed by atoms with Crippen molar-refractivity contribution in [3.05, 3.63) is 11.4 Å². The van der Waals surface area contributed by atoms with Crippen molar-refractivity contribution in [1.29, 1.82) is 0 Å². The summed E-state index contributed by atoms with van der Waals surface area (Å²) in [5.41, 5.74) is 2.71. The van der Waals surface area contributed by atoms with Gasteiger partial charge in [-0.3, -0.25) is 4.79 Å². The summed E-state index contributed by atoms with van der Waals surface area (Å²) in [6.07, 6.45) is 4.41. The molecule has 0 radical (unpaired) electrons. The van der Waals surface area contributed by atoms with E-state index in [-0.39, 0.29) is 5.75 Å². The van der Waals surface area contributed by atoms with Gasteiger partial charge in [0, 0.05) is 5.69 Å². The quantitative estimate of drug-likeness (QED) is 0.814. The van der Waals surface area contributed by atoms with E-state index >= 15 is 0 Å². The Hall–Kier alpha value is -0.970. The molecule has 1 aliphatic rings. The number of hydrogen-bond donors (Lipinski definition) is 2. The Balaban J connectivity index is 2.07. The fourth-order valence-electron chi connectivity index (χ4n) is 2.61. The average molecular weight is 282 g/mol. The minimum Gasteiger partial charge on any atom is -0.481 e. The van der Waals surface area contributed by atoms with Gasteiger partial charge in [-0.1, -0.05) is 39.0 Å². The van der Waals surface area contributed by atoms with E-state index in [4.69, 9.17) is 5.11 Å². The van der Waals surface area contributed by atoms with Crippen LogP contribution in [0.25, 0.3) is 0 Å². The number of hydrogen-bond acceptors (Lipinski definition) is 3. The molecule has 2 rings (SSSR count). The van der Waals surface area contributed by atoms with Crippen molar-refractivity contribution in [3.63, 3.8) is 0 Å². The van der Waals surface area contributed by atoms with E-state index < -0.39 is 5.97 Å². The van der Waals surface area contributed by atoms with Crippen LogP contribution in [-0.4, -0.2) is 26.8 Å². The number of carboxylic acids is 1. The molecule has 0 bridgehead atoms. The third-order valence-corrected chi connectivity index (χ3v) is 5.23. The maximum absolute atomic E-state index is 10.6. The summed E-state index contributed by atoms with van der Waals surface area (Å²) in [5.74, 6) is -0.0526. The summed E-state index contributed by atoms with van der Waals surface area (Å²) in [6, 6.07) is 0. The van der Waals surface area contributed by atoms with Crippen molar-refractivity contribution in [2.24, 2.45) is 11.3 Å². The molecule has 1 atom stereocenters. The predicted molar refractivity (Wildman–Crippen MR) is 76.5 cm³/mol. The molecule has 1 aromatic rings. The fourth-order valence-corrected chi connectivity index (χ4v) is 3.24. The van der Waals surface area contributed by atoms with Gasteiger partial charge in [0.1, 0.15) is 0 Å². The molecule has 106 valence electrons. The number of thioether (sulfide) groups is 1. The van der Waals surface area contributed by atoms with E-state index in [1.54, 1.807) is 0 Å². The van der Waals surface area contributed by atoms with E-state index in [2.05, 4.69) is 30.7 Å². The molecular formula is C14H22N2O2S. The van der Waals surface area contributed by atoms with Gasteiger partial charge in [-0.15, -0.1) is 0 Å². The minimum absolute atomic E-state index is 0.0657. The summed E-state index contributed by atoms with van der Waals surface area (Å²) in [6.45, 7) is 6.91. The zero-order valence-electron chi connectivity index (χ0n) is 11.8. The number of nitrogens with zero attached hydrogens (tertiary/aromatic N) is 1. The highest BCUT2D eigenvalue weighted by Gasteiger charge is 2.32. The Morgan fingerprint density at radius 2 is 2.32 bits per heavy atom. The van der Waals surface area contributed by atoms with Crippen LogP contribution >= 0.6 is 11.8 Å². The molecule has 19 heavy (non-hydrogen) atoms. The molecule has 0 saturated carbocycles. The van der Waals surface area contributed by atoms with Crippen molar-refractivity contribution in [3.8, 4) is 0 Å². The maximum atomic E-state index is 10.6. The van der Waals surface area contributed by atoms with Crippen molar-refractivity contribution in [2.45, 2.75) is 51.6 Å². The molecule has 1 aliphatic carbocycles. The zero-order valence-corrected chi connectivity index (χ0v) is 12.6. The Kier molecular flexibility index (Phi) is 4.23. The lowest BCUT2D eigenvalue weighted by molar-refractivity contribution is -0.133. The van der Waals surface area contributed by atoms with Crippen LogP contribution < -0.4 is 0 Å². The third-order valence-electron chi connectivity index (χ3n) is 4.37. The van der Waals surface area contributed by atoms with Crippen LogP contribution in [-0.2, 0) is 17.6 Å². The molecule has 2 N–H and O–H groups in total. The van der Waals surface area contributed by atoms with Crippen molar-refractivity contribution >= 4 is 17.7 Å². The number of carbonyl (C=O) groups is 1. The molecule has 0 fully saturated rings. The minimum atomic E-state index is -0.802. The van der Waals surface area contributed by atoms with Crippen molar-refractivity contribution in [2.75, 3.05) is 5.75 Å². The SMILES string of the molecule is CCC(C)(C)C1CCc2nc(SCC(=O)O)[nH]c2C1. The second-order valence-electron chi connectivity index (χ2n) is 5.93. The fraction of sp³-hybridized carbons (Fsp3) is 0.714. The van der Waals surface area contributed by atoms with Gasteiger partial charge < -0.3 is 10.1 Å². The first-order valence-electron chi connectivity index (χ1n) is 6.84. The molecule has 0 aliphatic heterocycles. The van der Waals surface area contributed by atoms with Gasteiger partial charge in [-0.2, -0.15) is 0 Å². The molecule has 0 spiro atoms. The number of aromatic amines is 1. The first-order valence-corrected chi connectivity index (χ1v) is 7.83. The van der Waals surface area contributed by atoms with Crippen LogP contribution in [0.5, 0.6) is 0 Å². The summed E-state index contributed by atoms with van der Waals surface area (Å²) in [4.78, 5) is 18.4. The van der Waals surface area contributed by atoms with Gasteiger partial charge in [-0.25, -0.2) is 4.98 Å². The normalized spacial score (nSPS) is 19.2. The molecular weight excluding hydrogens is 260 g/mol. The number of imidazole rings is 1. The van der Waals surface area contributed by atoms with Gasteiger partial charge in [0.05, 0.1) is 11.4 Å². The van der Waals surface area contributed by atoms with Crippen LogP contribution in [0.1, 0.15) is 45.0 Å². The summed E-state index contributed by atoms with van der Waals surface area (Å²) < 4.78 is 0. The molecule has 5 heteroatoms. The van der Waals surface area contributed by atoms with Gasteiger partial charge in [-0.05, 0) is 30.6 Å². The van der Waals surface area contributed by atoms with E-state index in [9.17, 15) is 4.79 Å². The van der Waals surface area contributed by atoms with E-state index in [1.165, 1.54) is 30.3 Å². The molecule has 0 amide bonds. The highest BCUT2D eigenvalue weighted by Crippen LogP contribution is 2.39. The molecule has 4 nitrogen and oxygen atoms in total. The Bertz CT molecular complexity index is 468. The van der Waals surface area contributed by atoms with Gasteiger partial charge >= 0.3 is 5.97 Å². The monoisotopic (exact) mass is 282 g/mol. The van der Waals surface area contributed by atoms with Crippen molar-refractivity contribution < 1.29 is 9.90 Å². The molecule has 0 aromatic carbocycles. The van der Waals surface area contributed by atoms with Crippen LogP contribution in [0.15, 0.2) is 5.16 Å². The number of aryl methyl sites for hydroxylation is 1. The summed E-state index contributed by atoms with van der Waals surface area (Å²) in [5, 5.41) is 9.45. The number of carboxylic acid groups (broad SMARTS) is 1. The lowest BCUT2D eigenvalue weighted by Crippen LogP contribution is -2.29. The predicted octanol–water partition coefficient (Wildman–Crippen LogP) is 3.13. The van der Waals surface area contributed by atoms with Crippen molar-refractivity contribution in [1.82, 2.24) is 9.97 Å². The van der Waals surface area contributed by atoms with Crippen LogP contribution in [0.3, 0.4) is 0 Å². The van der Waals surface area contributed by atoms with E-state index in [1.807, 2.05) is 0 Å². The molecule has 0 saturated heterocycles. The molecule has 1 aromatic heterocycles.